The van der Waals surface area contributed by atoms with Crippen LogP contribution in [0.3, 0.4) is 0 Å². The summed E-state index contributed by atoms with van der Waals surface area (Å²) in [5.74, 6) is 0.880. The van der Waals surface area contributed by atoms with Gasteiger partial charge in [0.05, 0.1) is 18.0 Å². The van der Waals surface area contributed by atoms with E-state index in [1.54, 1.807) is 14.0 Å². The number of esters is 1. The maximum absolute atomic E-state index is 12.2. The fraction of sp³-hybridized carbons (Fsp3) is 0.371. The maximum atomic E-state index is 12.2. The summed E-state index contributed by atoms with van der Waals surface area (Å²) >= 11 is 6.68. The predicted molar refractivity (Wildman–Crippen MR) is 168 cm³/mol. The van der Waals surface area contributed by atoms with Gasteiger partial charge in [-0.2, -0.15) is 5.10 Å². The smallest absolute Gasteiger partial charge is 0.333 e. The van der Waals surface area contributed by atoms with E-state index in [0.717, 1.165) is 46.7 Å². The van der Waals surface area contributed by atoms with E-state index in [2.05, 4.69) is 18.2 Å². The lowest BCUT2D eigenvalue weighted by Crippen LogP contribution is -2.26. The van der Waals surface area contributed by atoms with E-state index >= 15 is 0 Å². The molecule has 1 fully saturated rings. The predicted octanol–water partition coefficient (Wildman–Crippen LogP) is 8.26. The summed E-state index contributed by atoms with van der Waals surface area (Å²) in [6.07, 6.45) is 12.3. The highest BCUT2D eigenvalue weighted by atomic mass is 35.5. The molecule has 5 rings (SSSR count). The minimum absolute atomic E-state index is 0.316. The van der Waals surface area contributed by atoms with Crippen LogP contribution in [0.5, 0.6) is 5.75 Å². The molecular formula is C35H39ClN2O4. The molecule has 1 heterocycles. The zero-order valence-electron chi connectivity index (χ0n) is 24.6. The number of nitrogens with zero attached hydrogens (tertiary/aromatic N) is 2. The Morgan fingerprint density at radius 3 is 2.52 bits per heavy atom. The number of hydrogen-bond donors (Lipinski definition) is 0. The number of methoxy groups -OCH3 is 1. The van der Waals surface area contributed by atoms with Gasteiger partial charge in [0.2, 0.25) is 0 Å². The topological polar surface area (TPSA) is 62.6 Å². The van der Waals surface area contributed by atoms with Gasteiger partial charge in [-0.3, -0.25) is 0 Å². The van der Waals surface area contributed by atoms with Gasteiger partial charge in [-0.25, -0.2) is 9.48 Å². The molecule has 2 aliphatic rings. The normalized spacial score (nSPS) is 19.7. The molecule has 1 aromatic heterocycles. The first kappa shape index (κ1) is 29.9. The fourth-order valence-corrected chi connectivity index (χ4v) is 5.94. The highest BCUT2D eigenvalue weighted by Crippen LogP contribution is 2.38. The lowest BCUT2D eigenvalue weighted by Gasteiger charge is -2.29. The van der Waals surface area contributed by atoms with E-state index in [-0.39, 0.29) is 5.97 Å². The van der Waals surface area contributed by atoms with E-state index in [4.69, 9.17) is 30.9 Å². The van der Waals surface area contributed by atoms with Crippen molar-refractivity contribution < 1.29 is 19.0 Å². The second-order valence-electron chi connectivity index (χ2n) is 11.0. The number of carbonyl (C=O) groups is 1. The van der Waals surface area contributed by atoms with Gasteiger partial charge in [-0.05, 0) is 85.9 Å². The van der Waals surface area contributed by atoms with Crippen LogP contribution in [0.1, 0.15) is 75.2 Å². The van der Waals surface area contributed by atoms with Crippen molar-refractivity contribution in [3.8, 4) is 11.4 Å². The van der Waals surface area contributed by atoms with Gasteiger partial charge in [-0.15, -0.1) is 0 Å². The van der Waals surface area contributed by atoms with E-state index in [1.165, 1.54) is 25.0 Å². The molecule has 1 saturated carbocycles. The number of alkyl halides is 1. The number of rotatable bonds is 10. The quantitative estimate of drug-likeness (QED) is 0.136. The number of allylic oxidation sites excluding steroid dienone is 2. The summed E-state index contributed by atoms with van der Waals surface area (Å²) in [4.78, 5) is 12.2. The molecular weight excluding hydrogens is 548 g/mol. The monoisotopic (exact) mass is 586 g/mol. The van der Waals surface area contributed by atoms with Crippen LogP contribution in [0.15, 0.2) is 84.0 Å². The first-order valence-corrected chi connectivity index (χ1v) is 15.2. The average Bonchev–Trinajstić information content (AvgIpc) is 3.45. The van der Waals surface area contributed by atoms with Crippen LogP contribution >= 0.6 is 11.6 Å². The Labute approximate surface area is 253 Å². The Balaban J connectivity index is 1.38. The summed E-state index contributed by atoms with van der Waals surface area (Å²) in [5, 5.41) is 4.02. The molecule has 1 atom stereocenters. The standard InChI is InChI=1S/C35H39ClN2O4/c1-4-41-34(39)25(2)21-29-22-33(27-13-9-6-10-14-27)38(37-29)30-15-17-31(18-16-30)42-24-28-23-35(36,40-3)20-19-32(28)26-11-7-5-8-12-26/h5,7-8,11-12,15-22,27H,4,6,9-10,13-14,23-24H2,1-3H3/b25-21+. The van der Waals surface area contributed by atoms with Crippen LogP contribution in [0.4, 0.5) is 0 Å². The SMILES string of the molecule is CCOC(=O)/C(C)=C/c1cc(C2CCCCC2)n(-c2ccc(OCC3=C(c4ccccc4)C=CC(Cl)(OC)C3)cc2)n1. The minimum atomic E-state index is -0.881. The van der Waals surface area contributed by atoms with Gasteiger partial charge in [0.15, 0.2) is 5.06 Å². The molecule has 0 saturated heterocycles. The number of hydrogen-bond acceptors (Lipinski definition) is 5. The number of carbonyl (C=O) groups excluding carboxylic acids is 1. The van der Waals surface area contributed by atoms with Crippen LogP contribution in [-0.4, -0.2) is 41.1 Å². The van der Waals surface area contributed by atoms with Gasteiger partial charge in [0, 0.05) is 30.7 Å². The van der Waals surface area contributed by atoms with Crippen LogP contribution in [0.25, 0.3) is 17.3 Å². The number of halogens is 1. The molecule has 3 aromatic rings. The van der Waals surface area contributed by atoms with Crippen molar-refractivity contribution in [1.29, 1.82) is 0 Å². The lowest BCUT2D eigenvalue weighted by atomic mass is 9.86. The Hall–Kier alpha value is -3.61. The Morgan fingerprint density at radius 2 is 1.83 bits per heavy atom. The van der Waals surface area contributed by atoms with Crippen molar-refractivity contribution in [3.05, 3.63) is 101 Å². The molecule has 1 unspecified atom stereocenters. The van der Waals surface area contributed by atoms with E-state index in [1.807, 2.05) is 72.3 Å². The Kier molecular flexibility index (Phi) is 9.65. The highest BCUT2D eigenvalue weighted by molar-refractivity contribution is 6.24. The van der Waals surface area contributed by atoms with Crippen LogP contribution in [0, 0.1) is 0 Å². The largest absolute Gasteiger partial charge is 0.489 e. The lowest BCUT2D eigenvalue weighted by molar-refractivity contribution is -0.138. The summed E-state index contributed by atoms with van der Waals surface area (Å²) < 4.78 is 19.0. The number of benzene rings is 2. The molecule has 42 heavy (non-hydrogen) atoms. The molecule has 0 N–H and O–H groups in total. The summed E-state index contributed by atoms with van der Waals surface area (Å²) in [5.41, 5.74) is 6.73. The number of aromatic nitrogens is 2. The van der Waals surface area contributed by atoms with Crippen molar-refractivity contribution in [1.82, 2.24) is 9.78 Å². The van der Waals surface area contributed by atoms with Crippen molar-refractivity contribution in [2.75, 3.05) is 20.3 Å². The molecule has 7 heteroatoms. The summed E-state index contributed by atoms with van der Waals surface area (Å²) in [7, 11) is 1.62. The zero-order valence-corrected chi connectivity index (χ0v) is 25.4. The van der Waals surface area contributed by atoms with Gasteiger partial charge in [-0.1, -0.05) is 67.3 Å². The third-order valence-electron chi connectivity index (χ3n) is 7.99. The molecule has 2 aromatic carbocycles. The third kappa shape index (κ3) is 7.05. The summed E-state index contributed by atoms with van der Waals surface area (Å²) in [6, 6.07) is 20.4. The molecule has 0 aliphatic heterocycles. The second kappa shape index (κ2) is 13.6. The fourth-order valence-electron chi connectivity index (χ4n) is 5.72. The van der Waals surface area contributed by atoms with Crippen molar-refractivity contribution >= 4 is 29.2 Å². The first-order valence-electron chi connectivity index (χ1n) is 14.8. The third-order valence-corrected chi connectivity index (χ3v) is 8.41. The highest BCUT2D eigenvalue weighted by Gasteiger charge is 2.30. The van der Waals surface area contributed by atoms with Crippen LogP contribution in [0.2, 0.25) is 0 Å². The molecule has 2 aliphatic carbocycles. The average molecular weight is 587 g/mol. The summed E-state index contributed by atoms with van der Waals surface area (Å²) in [6.45, 7) is 4.32. The zero-order chi connectivity index (χ0) is 29.5. The van der Waals surface area contributed by atoms with Gasteiger partial charge in [0.1, 0.15) is 12.4 Å². The molecule has 0 spiro atoms. The van der Waals surface area contributed by atoms with E-state index < -0.39 is 5.06 Å². The van der Waals surface area contributed by atoms with Gasteiger partial charge in [0.25, 0.3) is 0 Å². The van der Waals surface area contributed by atoms with Gasteiger partial charge < -0.3 is 14.2 Å². The molecule has 0 bridgehead atoms. The second-order valence-corrected chi connectivity index (χ2v) is 11.6. The number of ether oxygens (including phenoxy) is 3. The van der Waals surface area contributed by atoms with Gasteiger partial charge >= 0.3 is 5.97 Å². The molecule has 220 valence electrons. The Morgan fingerprint density at radius 1 is 1.10 bits per heavy atom. The first-order chi connectivity index (χ1) is 20.4. The van der Waals surface area contributed by atoms with E-state index in [9.17, 15) is 4.79 Å². The molecule has 0 radical (unpaired) electrons. The van der Waals surface area contributed by atoms with Crippen molar-refractivity contribution in [3.63, 3.8) is 0 Å². The molecule has 0 amide bonds. The van der Waals surface area contributed by atoms with Crippen molar-refractivity contribution in [2.45, 2.75) is 63.4 Å². The maximum Gasteiger partial charge on any atom is 0.333 e. The Bertz CT molecular complexity index is 1470. The van der Waals surface area contributed by atoms with E-state index in [0.29, 0.717) is 31.1 Å². The van der Waals surface area contributed by atoms with Crippen molar-refractivity contribution in [2.24, 2.45) is 0 Å². The molecule has 6 nitrogen and oxygen atoms in total. The van der Waals surface area contributed by atoms with Crippen LogP contribution in [-0.2, 0) is 14.3 Å². The van der Waals surface area contributed by atoms with Crippen LogP contribution < -0.4 is 4.74 Å². The minimum Gasteiger partial charge on any atom is -0.489 e.